The van der Waals surface area contributed by atoms with Gasteiger partial charge in [0, 0.05) is 17.1 Å². The number of nitrogens with one attached hydrogen (secondary N) is 2. The molecule has 31 heavy (non-hydrogen) atoms. The zero-order chi connectivity index (χ0) is 22.0. The lowest BCUT2D eigenvalue weighted by atomic mass is 10.0. The second-order valence-electron chi connectivity index (χ2n) is 7.14. The van der Waals surface area contributed by atoms with Crippen LogP contribution in [0, 0.1) is 6.92 Å². The van der Waals surface area contributed by atoms with Gasteiger partial charge in [-0.3, -0.25) is 4.79 Å². The zero-order valence-electron chi connectivity index (χ0n) is 17.6. The molecule has 0 saturated carbocycles. The van der Waals surface area contributed by atoms with Crippen molar-refractivity contribution in [3.63, 3.8) is 0 Å². The number of amides is 1. The third kappa shape index (κ3) is 4.36. The number of hydrogen-bond donors (Lipinski definition) is 2. The molecule has 2 unspecified atom stereocenters. The minimum atomic E-state index is -0.460. The number of anilines is 1. The summed E-state index contributed by atoms with van der Waals surface area (Å²) in [4.78, 5) is 13.4. The summed E-state index contributed by atoms with van der Waals surface area (Å²) in [7, 11) is 0. The van der Waals surface area contributed by atoms with Crippen molar-refractivity contribution in [3.05, 3.63) is 64.4 Å². The van der Waals surface area contributed by atoms with Crippen LogP contribution in [0.5, 0.6) is 5.75 Å². The van der Waals surface area contributed by atoms with E-state index >= 15 is 0 Å². The molecule has 7 nitrogen and oxygen atoms in total. The number of hydrogen-bond acceptors (Lipinski definition) is 6. The summed E-state index contributed by atoms with van der Waals surface area (Å²) >= 11 is 7.63. The fourth-order valence-corrected chi connectivity index (χ4v) is 4.74. The molecule has 1 aromatic heterocycles. The van der Waals surface area contributed by atoms with Crippen LogP contribution in [0.15, 0.2) is 47.6 Å². The molecule has 162 valence electrons. The summed E-state index contributed by atoms with van der Waals surface area (Å²) in [6, 6.07) is 13.0. The predicted molar refractivity (Wildman–Crippen MR) is 124 cm³/mol. The van der Waals surface area contributed by atoms with Gasteiger partial charge in [0.15, 0.2) is 5.82 Å². The molecule has 1 amide bonds. The Morgan fingerprint density at radius 3 is 2.71 bits per heavy atom. The van der Waals surface area contributed by atoms with Gasteiger partial charge in [0.2, 0.25) is 11.1 Å². The lowest BCUT2D eigenvalue weighted by Crippen LogP contribution is -2.41. The molecule has 0 aliphatic carbocycles. The number of ether oxygens (including phenoxy) is 1. The van der Waals surface area contributed by atoms with Crippen molar-refractivity contribution in [2.24, 2.45) is 0 Å². The molecule has 0 saturated heterocycles. The van der Waals surface area contributed by atoms with E-state index in [4.69, 9.17) is 16.3 Å². The van der Waals surface area contributed by atoms with E-state index in [0.29, 0.717) is 22.5 Å². The lowest BCUT2D eigenvalue weighted by molar-refractivity contribution is -0.116. The molecule has 2 heterocycles. The maximum atomic E-state index is 13.4. The van der Waals surface area contributed by atoms with Gasteiger partial charge in [-0.05, 0) is 49.2 Å². The van der Waals surface area contributed by atoms with Gasteiger partial charge in [0.25, 0.3) is 0 Å². The predicted octanol–water partition coefficient (Wildman–Crippen LogP) is 4.60. The van der Waals surface area contributed by atoms with E-state index in [1.54, 1.807) is 6.07 Å². The molecular formula is C22H24ClN5O2S. The number of halogens is 1. The van der Waals surface area contributed by atoms with Gasteiger partial charge >= 0.3 is 0 Å². The van der Waals surface area contributed by atoms with Crippen molar-refractivity contribution in [1.29, 1.82) is 0 Å². The van der Waals surface area contributed by atoms with Crippen LogP contribution in [0.2, 0.25) is 5.02 Å². The van der Waals surface area contributed by atoms with Crippen LogP contribution in [0.25, 0.3) is 0 Å². The Hall–Kier alpha value is -2.71. The van der Waals surface area contributed by atoms with Gasteiger partial charge in [0.1, 0.15) is 11.0 Å². The number of rotatable bonds is 6. The van der Waals surface area contributed by atoms with Crippen molar-refractivity contribution in [3.8, 4) is 5.75 Å². The quantitative estimate of drug-likeness (QED) is 0.563. The van der Waals surface area contributed by atoms with E-state index in [-0.39, 0.29) is 11.9 Å². The largest absolute Gasteiger partial charge is 0.494 e. The highest BCUT2D eigenvalue weighted by Crippen LogP contribution is 2.38. The molecule has 2 atom stereocenters. The molecule has 4 rings (SSSR count). The summed E-state index contributed by atoms with van der Waals surface area (Å²) < 4.78 is 7.44. The highest BCUT2D eigenvalue weighted by Gasteiger charge is 2.37. The fraction of sp³-hybridized carbons (Fsp3) is 0.318. The summed E-state index contributed by atoms with van der Waals surface area (Å²) in [6.45, 7) is 6.46. The number of aryl methyl sites for hydroxylation is 1. The first-order chi connectivity index (χ1) is 15.0. The molecule has 0 spiro atoms. The Bertz CT molecular complexity index is 1090. The number of carbonyl (C=O) groups excluding carboxylic acids is 1. The molecule has 1 aliphatic rings. The Labute approximate surface area is 190 Å². The van der Waals surface area contributed by atoms with Gasteiger partial charge in [0.05, 0.1) is 12.6 Å². The SMILES string of the molecule is CCOc1ccc(C2Nn3c(CC)nnc3SC2C(=O)Nc2cccc(Cl)c2C)cc1. The molecule has 0 fully saturated rings. The van der Waals surface area contributed by atoms with E-state index in [0.717, 1.165) is 29.1 Å². The molecular weight excluding hydrogens is 434 g/mol. The van der Waals surface area contributed by atoms with Gasteiger partial charge in [-0.15, -0.1) is 10.2 Å². The summed E-state index contributed by atoms with van der Waals surface area (Å²) in [6.07, 6.45) is 0.731. The molecule has 0 bridgehead atoms. The molecule has 0 radical (unpaired) electrons. The number of aromatic nitrogens is 3. The van der Waals surface area contributed by atoms with Gasteiger partial charge < -0.3 is 15.5 Å². The number of benzene rings is 2. The van der Waals surface area contributed by atoms with Crippen LogP contribution in [0.4, 0.5) is 5.69 Å². The zero-order valence-corrected chi connectivity index (χ0v) is 19.1. The molecule has 1 aliphatic heterocycles. The topological polar surface area (TPSA) is 81.1 Å². The van der Waals surface area contributed by atoms with Gasteiger partial charge in [-0.1, -0.05) is 48.5 Å². The number of thioether (sulfide) groups is 1. The van der Waals surface area contributed by atoms with Crippen LogP contribution in [-0.4, -0.2) is 32.6 Å². The van der Waals surface area contributed by atoms with Crippen molar-refractivity contribution < 1.29 is 9.53 Å². The first kappa shape index (κ1) is 21.5. The number of nitrogens with zero attached hydrogens (tertiary/aromatic N) is 3. The molecule has 9 heteroatoms. The first-order valence-corrected chi connectivity index (χ1v) is 11.4. The summed E-state index contributed by atoms with van der Waals surface area (Å²) in [5, 5.41) is 12.4. The van der Waals surface area contributed by atoms with Crippen LogP contribution >= 0.6 is 23.4 Å². The molecule has 2 aromatic carbocycles. The minimum absolute atomic E-state index is 0.131. The molecule has 3 aromatic rings. The maximum absolute atomic E-state index is 13.4. The van der Waals surface area contributed by atoms with Gasteiger partial charge in [-0.25, -0.2) is 4.68 Å². The van der Waals surface area contributed by atoms with Crippen LogP contribution in [-0.2, 0) is 11.2 Å². The summed E-state index contributed by atoms with van der Waals surface area (Å²) in [5.41, 5.74) is 5.96. The smallest absolute Gasteiger partial charge is 0.240 e. The monoisotopic (exact) mass is 457 g/mol. The van der Waals surface area contributed by atoms with Crippen molar-refractivity contribution >= 4 is 35.0 Å². The summed E-state index contributed by atoms with van der Waals surface area (Å²) in [5.74, 6) is 1.49. The van der Waals surface area contributed by atoms with Crippen molar-refractivity contribution in [2.45, 2.75) is 43.6 Å². The van der Waals surface area contributed by atoms with E-state index < -0.39 is 5.25 Å². The van der Waals surface area contributed by atoms with Crippen molar-refractivity contribution in [1.82, 2.24) is 14.9 Å². The fourth-order valence-electron chi connectivity index (χ4n) is 3.46. The Morgan fingerprint density at radius 2 is 2.00 bits per heavy atom. The second-order valence-corrected chi connectivity index (χ2v) is 8.65. The highest BCUT2D eigenvalue weighted by atomic mass is 35.5. The minimum Gasteiger partial charge on any atom is -0.494 e. The highest BCUT2D eigenvalue weighted by molar-refractivity contribution is 8.00. The number of carbonyl (C=O) groups is 1. The van der Waals surface area contributed by atoms with E-state index in [1.807, 2.05) is 61.8 Å². The van der Waals surface area contributed by atoms with E-state index in [9.17, 15) is 4.79 Å². The average molecular weight is 458 g/mol. The Kier molecular flexibility index (Phi) is 6.38. The van der Waals surface area contributed by atoms with E-state index in [1.165, 1.54) is 11.8 Å². The lowest BCUT2D eigenvalue weighted by Gasteiger charge is -2.33. The second kappa shape index (κ2) is 9.20. The standard InChI is InChI=1S/C22H24ClN5O2S/c1-4-18-25-26-22-28(18)27-19(14-9-11-15(12-10-14)30-5-2)20(31-22)21(29)24-17-8-6-7-16(23)13(17)3/h6-12,19-20,27H,4-5H2,1-3H3,(H,24,29). The van der Waals surface area contributed by atoms with Crippen LogP contribution < -0.4 is 15.5 Å². The molecule has 2 N–H and O–H groups in total. The third-order valence-corrected chi connectivity index (χ3v) is 6.78. The van der Waals surface area contributed by atoms with E-state index in [2.05, 4.69) is 20.9 Å². The number of fused-ring (bicyclic) bond motifs is 1. The Balaban J connectivity index is 1.66. The van der Waals surface area contributed by atoms with Crippen LogP contribution in [0.1, 0.15) is 36.8 Å². The average Bonchev–Trinajstić information content (AvgIpc) is 3.19. The Morgan fingerprint density at radius 1 is 1.23 bits per heavy atom. The van der Waals surface area contributed by atoms with Crippen LogP contribution in [0.3, 0.4) is 0 Å². The normalized spacial score (nSPS) is 17.5. The third-order valence-electron chi connectivity index (χ3n) is 5.15. The maximum Gasteiger partial charge on any atom is 0.240 e. The first-order valence-electron chi connectivity index (χ1n) is 10.2. The van der Waals surface area contributed by atoms with Gasteiger partial charge in [-0.2, -0.15) is 0 Å². The van der Waals surface area contributed by atoms with Crippen molar-refractivity contribution in [2.75, 3.05) is 17.3 Å².